The van der Waals surface area contributed by atoms with Gasteiger partial charge in [-0.15, -0.1) is 0 Å². The third-order valence-electron chi connectivity index (χ3n) is 4.67. The van der Waals surface area contributed by atoms with Gasteiger partial charge in [-0.25, -0.2) is 4.79 Å². The fourth-order valence-electron chi connectivity index (χ4n) is 3.22. The number of carbonyl (C=O) groups is 2. The normalized spacial score (nSPS) is 17.6. The van der Waals surface area contributed by atoms with Crippen LogP contribution in [0.2, 0.25) is 0 Å². The number of likely N-dealkylation sites (tertiary alicyclic amines) is 1. The van der Waals surface area contributed by atoms with Crippen molar-refractivity contribution in [3.8, 4) is 5.75 Å². The number of carbonyl (C=O) groups excluding carboxylic acids is 2. The number of furan rings is 1. The highest BCUT2D eigenvalue weighted by atomic mass is 16.5. The Bertz CT molecular complexity index is 794. The summed E-state index contributed by atoms with van der Waals surface area (Å²) in [4.78, 5) is 26.3. The first-order valence-corrected chi connectivity index (χ1v) is 8.51. The second-order valence-electron chi connectivity index (χ2n) is 6.58. The van der Waals surface area contributed by atoms with Gasteiger partial charge in [-0.2, -0.15) is 0 Å². The van der Waals surface area contributed by atoms with Crippen LogP contribution in [0.25, 0.3) is 11.0 Å². The van der Waals surface area contributed by atoms with Crippen LogP contribution < -0.4 is 4.74 Å². The molecular weight excluding hydrogens is 322 g/mol. The minimum atomic E-state index is -0.619. The van der Waals surface area contributed by atoms with E-state index in [1.807, 2.05) is 6.07 Å². The number of esters is 1. The summed E-state index contributed by atoms with van der Waals surface area (Å²) in [6.45, 7) is 5.10. The lowest BCUT2D eigenvalue weighted by atomic mass is 10.0. The van der Waals surface area contributed by atoms with Gasteiger partial charge >= 0.3 is 5.97 Å². The van der Waals surface area contributed by atoms with E-state index in [0.717, 1.165) is 31.3 Å². The molecule has 1 saturated heterocycles. The van der Waals surface area contributed by atoms with Crippen molar-refractivity contribution in [1.82, 2.24) is 4.90 Å². The molecule has 1 fully saturated rings. The molecular formula is C19H23NO5. The predicted octanol–water partition coefficient (Wildman–Crippen LogP) is 3.17. The topological polar surface area (TPSA) is 69.0 Å². The number of ether oxygens (including phenoxy) is 2. The Morgan fingerprint density at radius 2 is 2.16 bits per heavy atom. The Balaban J connectivity index is 1.68. The van der Waals surface area contributed by atoms with Gasteiger partial charge in [0, 0.05) is 24.0 Å². The fourth-order valence-corrected chi connectivity index (χ4v) is 3.22. The van der Waals surface area contributed by atoms with E-state index in [-0.39, 0.29) is 18.3 Å². The van der Waals surface area contributed by atoms with Gasteiger partial charge in [0.15, 0.2) is 6.61 Å². The van der Waals surface area contributed by atoms with Gasteiger partial charge < -0.3 is 18.8 Å². The molecule has 0 bridgehead atoms. The molecule has 1 aliphatic heterocycles. The summed E-state index contributed by atoms with van der Waals surface area (Å²) in [7, 11) is 1.58. The lowest BCUT2D eigenvalue weighted by molar-refractivity contribution is -0.136. The van der Waals surface area contributed by atoms with Gasteiger partial charge in [0.1, 0.15) is 11.3 Å². The van der Waals surface area contributed by atoms with Crippen LogP contribution in [-0.2, 0) is 9.53 Å². The summed E-state index contributed by atoms with van der Waals surface area (Å²) < 4.78 is 16.0. The Morgan fingerprint density at radius 3 is 2.88 bits per heavy atom. The lowest BCUT2D eigenvalue weighted by Crippen LogP contribution is -2.41. The molecule has 1 aromatic heterocycles. The fraction of sp³-hybridized carbons (Fsp3) is 0.474. The van der Waals surface area contributed by atoms with E-state index >= 15 is 0 Å². The SMILES string of the molecule is COc1ccc2oc(C(=O)OCC(=O)N3CCC[C@H](C)C3)c(C)c2c1. The molecule has 0 N–H and O–H groups in total. The first-order valence-electron chi connectivity index (χ1n) is 8.51. The van der Waals surface area contributed by atoms with Crippen molar-refractivity contribution < 1.29 is 23.5 Å². The minimum absolute atomic E-state index is 0.128. The Morgan fingerprint density at radius 1 is 1.36 bits per heavy atom. The molecule has 1 atom stereocenters. The number of nitrogens with zero attached hydrogens (tertiary/aromatic N) is 1. The quantitative estimate of drug-likeness (QED) is 0.796. The van der Waals surface area contributed by atoms with E-state index in [0.29, 0.717) is 22.8 Å². The Labute approximate surface area is 146 Å². The number of benzene rings is 1. The molecule has 2 heterocycles. The van der Waals surface area contributed by atoms with Gasteiger partial charge in [-0.3, -0.25) is 4.79 Å². The van der Waals surface area contributed by atoms with Crippen LogP contribution in [0.1, 0.15) is 35.9 Å². The molecule has 134 valence electrons. The van der Waals surface area contributed by atoms with E-state index in [1.165, 1.54) is 0 Å². The molecule has 6 heteroatoms. The molecule has 1 aromatic carbocycles. The monoisotopic (exact) mass is 345 g/mol. The van der Waals surface area contributed by atoms with Crippen molar-refractivity contribution in [1.29, 1.82) is 0 Å². The molecule has 2 aromatic rings. The smallest absolute Gasteiger partial charge is 0.375 e. The highest BCUT2D eigenvalue weighted by molar-refractivity contribution is 5.97. The number of aryl methyl sites for hydroxylation is 1. The molecule has 0 aliphatic carbocycles. The van der Waals surface area contributed by atoms with Crippen molar-refractivity contribution in [2.24, 2.45) is 5.92 Å². The van der Waals surface area contributed by atoms with Crippen LogP contribution in [-0.4, -0.2) is 43.6 Å². The molecule has 3 rings (SSSR count). The Hall–Kier alpha value is -2.50. The van der Waals surface area contributed by atoms with Crippen LogP contribution in [0.3, 0.4) is 0 Å². The third-order valence-corrected chi connectivity index (χ3v) is 4.67. The van der Waals surface area contributed by atoms with Crippen LogP contribution in [0.15, 0.2) is 22.6 Å². The summed E-state index contributed by atoms with van der Waals surface area (Å²) in [5, 5.41) is 0.794. The number of methoxy groups -OCH3 is 1. The van der Waals surface area contributed by atoms with Gasteiger partial charge in [0.25, 0.3) is 5.91 Å². The number of hydrogen-bond donors (Lipinski definition) is 0. The summed E-state index contributed by atoms with van der Waals surface area (Å²) in [5.74, 6) is 0.524. The first kappa shape index (κ1) is 17.3. The summed E-state index contributed by atoms with van der Waals surface area (Å²) in [5.41, 5.74) is 1.26. The number of piperidine rings is 1. The average Bonchev–Trinajstić information content (AvgIpc) is 2.95. The minimum Gasteiger partial charge on any atom is -0.497 e. The number of hydrogen-bond acceptors (Lipinski definition) is 5. The van der Waals surface area contributed by atoms with E-state index in [4.69, 9.17) is 13.9 Å². The van der Waals surface area contributed by atoms with Gasteiger partial charge in [-0.05, 0) is 43.9 Å². The van der Waals surface area contributed by atoms with Crippen LogP contribution >= 0.6 is 0 Å². The maximum atomic E-state index is 12.3. The zero-order chi connectivity index (χ0) is 18.0. The third kappa shape index (κ3) is 3.62. The maximum absolute atomic E-state index is 12.3. The lowest BCUT2D eigenvalue weighted by Gasteiger charge is -2.30. The number of fused-ring (bicyclic) bond motifs is 1. The van der Waals surface area contributed by atoms with Crippen molar-refractivity contribution in [2.75, 3.05) is 26.8 Å². The van der Waals surface area contributed by atoms with Crippen molar-refractivity contribution in [2.45, 2.75) is 26.7 Å². The van der Waals surface area contributed by atoms with Gasteiger partial charge in [-0.1, -0.05) is 6.92 Å². The first-order chi connectivity index (χ1) is 12.0. The molecule has 0 saturated carbocycles. The zero-order valence-corrected chi connectivity index (χ0v) is 14.8. The van der Waals surface area contributed by atoms with Crippen molar-refractivity contribution in [3.63, 3.8) is 0 Å². The summed E-state index contributed by atoms with van der Waals surface area (Å²) >= 11 is 0. The van der Waals surface area contributed by atoms with Crippen molar-refractivity contribution >= 4 is 22.8 Å². The molecule has 0 spiro atoms. The molecule has 0 unspecified atom stereocenters. The standard InChI is InChI=1S/C19H23NO5/c1-12-5-4-8-20(10-12)17(21)11-24-19(22)18-13(2)15-9-14(23-3)6-7-16(15)25-18/h6-7,9,12H,4-5,8,10-11H2,1-3H3/t12-/m0/s1. The number of rotatable bonds is 4. The number of amides is 1. The van der Waals surface area contributed by atoms with E-state index in [2.05, 4.69) is 6.92 Å². The second-order valence-corrected chi connectivity index (χ2v) is 6.58. The van der Waals surface area contributed by atoms with Crippen molar-refractivity contribution in [3.05, 3.63) is 29.5 Å². The predicted molar refractivity (Wildman–Crippen MR) is 92.8 cm³/mol. The van der Waals surface area contributed by atoms with Gasteiger partial charge in [0.05, 0.1) is 7.11 Å². The largest absolute Gasteiger partial charge is 0.497 e. The van der Waals surface area contributed by atoms with Crippen LogP contribution in [0, 0.1) is 12.8 Å². The molecule has 0 radical (unpaired) electrons. The summed E-state index contributed by atoms with van der Waals surface area (Å²) in [6, 6.07) is 5.32. The molecule has 25 heavy (non-hydrogen) atoms. The average molecular weight is 345 g/mol. The van der Waals surface area contributed by atoms with Gasteiger partial charge in [0.2, 0.25) is 5.76 Å². The molecule has 1 amide bonds. The van der Waals surface area contributed by atoms with Crippen LogP contribution in [0.4, 0.5) is 0 Å². The molecule has 6 nitrogen and oxygen atoms in total. The summed E-state index contributed by atoms with van der Waals surface area (Å²) in [6.07, 6.45) is 2.12. The highest BCUT2D eigenvalue weighted by Crippen LogP contribution is 2.29. The maximum Gasteiger partial charge on any atom is 0.375 e. The van der Waals surface area contributed by atoms with E-state index in [9.17, 15) is 9.59 Å². The second kappa shape index (κ2) is 7.17. The van der Waals surface area contributed by atoms with E-state index in [1.54, 1.807) is 31.1 Å². The Kier molecular flexibility index (Phi) is 4.97. The van der Waals surface area contributed by atoms with Crippen LogP contribution in [0.5, 0.6) is 5.75 Å². The zero-order valence-electron chi connectivity index (χ0n) is 14.8. The van der Waals surface area contributed by atoms with E-state index < -0.39 is 5.97 Å². The highest BCUT2D eigenvalue weighted by Gasteiger charge is 2.24. The molecule has 1 aliphatic rings.